The van der Waals surface area contributed by atoms with Crippen LogP contribution in [0.2, 0.25) is 0 Å². The predicted molar refractivity (Wildman–Crippen MR) is 118 cm³/mol. The van der Waals surface area contributed by atoms with Crippen molar-refractivity contribution in [2.24, 2.45) is 5.92 Å². The topological polar surface area (TPSA) is 82.6 Å². The van der Waals surface area contributed by atoms with Crippen molar-refractivity contribution in [3.8, 4) is 0 Å². The van der Waals surface area contributed by atoms with Gasteiger partial charge in [0.1, 0.15) is 11.6 Å². The van der Waals surface area contributed by atoms with Crippen molar-refractivity contribution in [1.82, 2.24) is 25.1 Å². The molecule has 0 bridgehead atoms. The molecule has 0 amide bonds. The van der Waals surface area contributed by atoms with E-state index in [9.17, 15) is 4.39 Å². The Kier molecular flexibility index (Phi) is 5.29. The zero-order valence-electron chi connectivity index (χ0n) is 18.0. The van der Waals surface area contributed by atoms with E-state index in [2.05, 4.69) is 39.2 Å². The van der Waals surface area contributed by atoms with Crippen molar-refractivity contribution < 1.29 is 4.39 Å². The van der Waals surface area contributed by atoms with Crippen LogP contribution in [0.1, 0.15) is 68.6 Å². The van der Waals surface area contributed by atoms with Crippen LogP contribution in [0.3, 0.4) is 0 Å². The molecule has 5 rings (SSSR count). The van der Waals surface area contributed by atoms with Gasteiger partial charge in [0.05, 0.1) is 6.04 Å². The Morgan fingerprint density at radius 3 is 2.77 bits per heavy atom. The van der Waals surface area contributed by atoms with Crippen LogP contribution in [-0.2, 0) is 6.42 Å². The third-order valence-electron chi connectivity index (χ3n) is 5.89. The number of hydrogen-bond donors (Lipinski definition) is 2. The van der Waals surface area contributed by atoms with Crippen molar-refractivity contribution in [2.75, 3.05) is 16.8 Å². The lowest BCUT2D eigenvalue weighted by Gasteiger charge is -2.26. The van der Waals surface area contributed by atoms with Gasteiger partial charge in [0.15, 0.2) is 5.82 Å². The molecule has 2 N–H and O–H groups in total. The highest BCUT2D eigenvalue weighted by atomic mass is 19.1. The quantitative estimate of drug-likeness (QED) is 0.565. The smallest absolute Gasteiger partial charge is 0.233 e. The van der Waals surface area contributed by atoms with Gasteiger partial charge in [-0.05, 0) is 37.7 Å². The lowest BCUT2D eigenvalue weighted by molar-refractivity contribution is 0.575. The fraction of sp³-hybridized carbons (Fsp3) is 0.478. The highest BCUT2D eigenvalue weighted by molar-refractivity contribution is 5.51. The summed E-state index contributed by atoms with van der Waals surface area (Å²) in [5.41, 5.74) is 1.85. The molecule has 31 heavy (non-hydrogen) atoms. The number of nitrogens with zero attached hydrogens (tertiary/aromatic N) is 5. The lowest BCUT2D eigenvalue weighted by Crippen LogP contribution is -2.26. The molecular weight excluding hydrogens is 393 g/mol. The number of hydrogen-bond acceptors (Lipinski definition) is 6. The first-order valence-electron chi connectivity index (χ1n) is 11.1. The minimum atomic E-state index is -0.182. The number of halogens is 1. The second-order valence-corrected chi connectivity index (χ2v) is 8.95. The molecule has 1 aromatic carbocycles. The van der Waals surface area contributed by atoms with Crippen LogP contribution in [0.4, 0.5) is 22.1 Å². The number of anilines is 3. The van der Waals surface area contributed by atoms with E-state index >= 15 is 0 Å². The van der Waals surface area contributed by atoms with Crippen LogP contribution in [0.15, 0.2) is 30.3 Å². The van der Waals surface area contributed by atoms with Gasteiger partial charge < -0.3 is 10.2 Å². The molecule has 3 aromatic rings. The van der Waals surface area contributed by atoms with Gasteiger partial charge in [0.25, 0.3) is 0 Å². The van der Waals surface area contributed by atoms with Gasteiger partial charge >= 0.3 is 0 Å². The summed E-state index contributed by atoms with van der Waals surface area (Å²) in [5.74, 6) is 3.35. The number of aromatic amines is 1. The minimum Gasteiger partial charge on any atom is -0.334 e. The maximum atomic E-state index is 14.5. The summed E-state index contributed by atoms with van der Waals surface area (Å²) in [6.07, 6.45) is 5.01. The largest absolute Gasteiger partial charge is 0.334 e. The maximum Gasteiger partial charge on any atom is 0.233 e. The number of H-pyrrole nitrogens is 1. The molecule has 1 saturated heterocycles. The van der Waals surface area contributed by atoms with Gasteiger partial charge in [-0.3, -0.25) is 5.10 Å². The normalized spacial score (nSPS) is 18.7. The monoisotopic (exact) mass is 421 g/mol. The van der Waals surface area contributed by atoms with Crippen LogP contribution in [-0.4, -0.2) is 31.7 Å². The van der Waals surface area contributed by atoms with Crippen molar-refractivity contribution in [3.63, 3.8) is 0 Å². The molecule has 2 aliphatic rings. The van der Waals surface area contributed by atoms with Crippen molar-refractivity contribution >= 4 is 17.7 Å². The van der Waals surface area contributed by atoms with Crippen LogP contribution >= 0.6 is 0 Å². The van der Waals surface area contributed by atoms with Crippen molar-refractivity contribution in [3.05, 3.63) is 53.2 Å². The van der Waals surface area contributed by atoms with Gasteiger partial charge in [-0.25, -0.2) is 4.39 Å². The van der Waals surface area contributed by atoms with Gasteiger partial charge in [-0.15, -0.1) is 0 Å². The molecule has 1 saturated carbocycles. The summed E-state index contributed by atoms with van der Waals surface area (Å²) < 4.78 is 14.5. The van der Waals surface area contributed by atoms with Gasteiger partial charge in [-0.2, -0.15) is 20.1 Å². The van der Waals surface area contributed by atoms with E-state index in [1.165, 1.54) is 18.9 Å². The van der Waals surface area contributed by atoms with Crippen molar-refractivity contribution in [1.29, 1.82) is 0 Å². The average Bonchev–Trinajstić information content (AvgIpc) is 3.28. The van der Waals surface area contributed by atoms with E-state index in [0.29, 0.717) is 35.1 Å². The molecule has 1 atom stereocenters. The highest BCUT2D eigenvalue weighted by Crippen LogP contribution is 2.40. The van der Waals surface area contributed by atoms with E-state index in [1.54, 1.807) is 6.07 Å². The Morgan fingerprint density at radius 2 is 2.00 bits per heavy atom. The Labute approximate surface area is 181 Å². The van der Waals surface area contributed by atoms with Gasteiger partial charge in [0, 0.05) is 36.2 Å². The lowest BCUT2D eigenvalue weighted by atomic mass is 10.0. The molecular formula is C23H28FN7. The third-order valence-corrected chi connectivity index (χ3v) is 5.89. The summed E-state index contributed by atoms with van der Waals surface area (Å²) in [5, 5.41) is 10.7. The maximum absolute atomic E-state index is 14.5. The first kappa shape index (κ1) is 19.9. The molecule has 1 unspecified atom stereocenters. The standard InChI is InChI=1S/C23H28FN7/c1-14(2)12-20-25-22(26-21-13-18(29-30-21)15-9-10-15)28-23(27-20)31-11-5-8-19(31)16-6-3-4-7-17(16)24/h3-4,6-7,13-15,19H,5,8-12H2,1-2H3,(H2,25,26,27,28,29,30). The summed E-state index contributed by atoms with van der Waals surface area (Å²) in [7, 11) is 0. The van der Waals surface area contributed by atoms with E-state index < -0.39 is 0 Å². The average molecular weight is 422 g/mol. The van der Waals surface area contributed by atoms with E-state index in [-0.39, 0.29) is 11.9 Å². The molecule has 7 nitrogen and oxygen atoms in total. The second kappa shape index (κ2) is 8.24. The Morgan fingerprint density at radius 1 is 1.16 bits per heavy atom. The highest BCUT2D eigenvalue weighted by Gasteiger charge is 2.31. The molecule has 1 aliphatic heterocycles. The van der Waals surface area contributed by atoms with E-state index in [0.717, 1.165) is 37.3 Å². The molecule has 3 heterocycles. The number of benzene rings is 1. The number of rotatable bonds is 7. The minimum absolute atomic E-state index is 0.0739. The molecule has 0 spiro atoms. The first-order chi connectivity index (χ1) is 15.1. The van der Waals surface area contributed by atoms with Gasteiger partial charge in [0.2, 0.25) is 11.9 Å². The summed E-state index contributed by atoms with van der Waals surface area (Å²) in [4.78, 5) is 16.2. The van der Waals surface area contributed by atoms with Crippen LogP contribution in [0.5, 0.6) is 0 Å². The zero-order chi connectivity index (χ0) is 21.4. The summed E-state index contributed by atoms with van der Waals surface area (Å²) >= 11 is 0. The summed E-state index contributed by atoms with van der Waals surface area (Å²) in [6.45, 7) is 5.08. The molecule has 0 radical (unpaired) electrons. The fourth-order valence-electron chi connectivity index (χ4n) is 4.24. The number of aromatic nitrogens is 5. The zero-order valence-corrected chi connectivity index (χ0v) is 18.0. The van der Waals surface area contributed by atoms with E-state index in [1.807, 2.05) is 18.2 Å². The van der Waals surface area contributed by atoms with E-state index in [4.69, 9.17) is 9.97 Å². The Balaban J connectivity index is 1.46. The molecule has 162 valence electrons. The second-order valence-electron chi connectivity index (χ2n) is 8.95. The fourth-order valence-corrected chi connectivity index (χ4v) is 4.24. The molecule has 8 heteroatoms. The van der Waals surface area contributed by atoms with Crippen LogP contribution in [0, 0.1) is 11.7 Å². The molecule has 2 fully saturated rings. The molecule has 1 aliphatic carbocycles. The first-order valence-corrected chi connectivity index (χ1v) is 11.1. The van der Waals surface area contributed by atoms with Gasteiger partial charge in [-0.1, -0.05) is 32.0 Å². The summed E-state index contributed by atoms with van der Waals surface area (Å²) in [6, 6.07) is 8.94. The number of nitrogens with one attached hydrogen (secondary N) is 2. The SMILES string of the molecule is CC(C)Cc1nc(Nc2cc(C3CC3)[nH]n2)nc(N2CCCC2c2ccccc2F)n1. The molecule has 2 aromatic heterocycles. The van der Waals surface area contributed by atoms with Crippen molar-refractivity contribution in [2.45, 2.75) is 57.9 Å². The van der Waals surface area contributed by atoms with Crippen LogP contribution < -0.4 is 10.2 Å². The Bertz CT molecular complexity index is 1060. The Hall–Kier alpha value is -3.03. The third kappa shape index (κ3) is 4.38. The van der Waals surface area contributed by atoms with Crippen LogP contribution in [0.25, 0.3) is 0 Å². The predicted octanol–water partition coefficient (Wildman–Crippen LogP) is 4.89.